The maximum Gasteiger partial charge on any atom is 0.269 e. The molecular weight excluding hydrogens is 268 g/mol. The Morgan fingerprint density at radius 2 is 2.05 bits per heavy atom. The second-order valence-electron chi connectivity index (χ2n) is 4.94. The molecule has 0 bridgehead atoms. The molecule has 0 saturated heterocycles. The highest BCUT2D eigenvalue weighted by molar-refractivity contribution is 5.32. The van der Waals surface area contributed by atoms with Gasteiger partial charge in [0.2, 0.25) is 0 Å². The van der Waals surface area contributed by atoms with Crippen LogP contribution in [0.25, 0.3) is 0 Å². The van der Waals surface area contributed by atoms with E-state index in [1.165, 1.54) is 5.69 Å². The van der Waals surface area contributed by atoms with Crippen LogP contribution < -0.4 is 5.32 Å². The van der Waals surface area contributed by atoms with Crippen molar-refractivity contribution < 1.29 is 4.92 Å². The van der Waals surface area contributed by atoms with Gasteiger partial charge in [-0.2, -0.15) is 5.10 Å². The standard InChI is InChI=1S/C15H20N4O2/c1-3-18-15(10-12(2)17-18)11-16-9-8-13-4-6-14(7-5-13)19(20)21/h4-7,10,16H,3,8-9,11H2,1-2H3. The van der Waals surface area contributed by atoms with Crippen molar-refractivity contribution in [2.75, 3.05) is 6.54 Å². The van der Waals surface area contributed by atoms with E-state index in [1.54, 1.807) is 24.3 Å². The monoisotopic (exact) mass is 288 g/mol. The van der Waals surface area contributed by atoms with Crippen molar-refractivity contribution >= 4 is 5.69 Å². The summed E-state index contributed by atoms with van der Waals surface area (Å²) in [5.74, 6) is 0. The lowest BCUT2D eigenvalue weighted by Crippen LogP contribution is -2.19. The molecule has 0 spiro atoms. The van der Waals surface area contributed by atoms with Crippen LogP contribution in [0.2, 0.25) is 0 Å². The zero-order valence-corrected chi connectivity index (χ0v) is 12.4. The summed E-state index contributed by atoms with van der Waals surface area (Å²) in [5.41, 5.74) is 3.44. The second-order valence-corrected chi connectivity index (χ2v) is 4.94. The number of nitro benzene ring substituents is 1. The third-order valence-electron chi connectivity index (χ3n) is 3.33. The van der Waals surface area contributed by atoms with Gasteiger partial charge >= 0.3 is 0 Å². The molecule has 1 heterocycles. The van der Waals surface area contributed by atoms with E-state index in [0.29, 0.717) is 0 Å². The molecule has 21 heavy (non-hydrogen) atoms. The molecule has 2 rings (SSSR count). The van der Waals surface area contributed by atoms with Crippen molar-refractivity contribution in [2.24, 2.45) is 0 Å². The minimum Gasteiger partial charge on any atom is -0.311 e. The number of benzene rings is 1. The van der Waals surface area contributed by atoms with Gasteiger partial charge in [-0.15, -0.1) is 0 Å². The molecule has 1 N–H and O–H groups in total. The lowest BCUT2D eigenvalue weighted by Gasteiger charge is -2.06. The SMILES string of the molecule is CCn1nc(C)cc1CNCCc1ccc([N+](=O)[O-])cc1. The molecule has 0 amide bonds. The van der Waals surface area contributed by atoms with E-state index in [4.69, 9.17) is 0 Å². The zero-order chi connectivity index (χ0) is 15.2. The first-order valence-corrected chi connectivity index (χ1v) is 7.07. The molecule has 0 aliphatic rings. The van der Waals surface area contributed by atoms with Gasteiger partial charge in [-0.05, 0) is 38.4 Å². The van der Waals surface area contributed by atoms with E-state index >= 15 is 0 Å². The van der Waals surface area contributed by atoms with Crippen molar-refractivity contribution in [1.29, 1.82) is 0 Å². The second kappa shape index (κ2) is 6.99. The number of aromatic nitrogens is 2. The Bertz CT molecular complexity index is 605. The fourth-order valence-electron chi connectivity index (χ4n) is 2.25. The molecule has 112 valence electrons. The number of non-ortho nitro benzene ring substituents is 1. The van der Waals surface area contributed by atoms with Crippen LogP contribution in [0, 0.1) is 17.0 Å². The summed E-state index contributed by atoms with van der Waals surface area (Å²) in [4.78, 5) is 10.2. The van der Waals surface area contributed by atoms with E-state index in [9.17, 15) is 10.1 Å². The van der Waals surface area contributed by atoms with Gasteiger partial charge in [0.25, 0.3) is 5.69 Å². The van der Waals surface area contributed by atoms with Crippen LogP contribution in [-0.2, 0) is 19.5 Å². The van der Waals surface area contributed by atoms with Gasteiger partial charge < -0.3 is 5.32 Å². The lowest BCUT2D eigenvalue weighted by molar-refractivity contribution is -0.384. The molecule has 0 atom stereocenters. The Balaban J connectivity index is 1.80. The fourth-order valence-corrected chi connectivity index (χ4v) is 2.25. The molecule has 0 fully saturated rings. The van der Waals surface area contributed by atoms with E-state index in [0.717, 1.165) is 37.3 Å². The third kappa shape index (κ3) is 4.13. The van der Waals surface area contributed by atoms with E-state index in [1.807, 2.05) is 11.6 Å². The van der Waals surface area contributed by atoms with Gasteiger partial charge in [0.05, 0.1) is 16.3 Å². The lowest BCUT2D eigenvalue weighted by atomic mass is 10.1. The van der Waals surface area contributed by atoms with Gasteiger partial charge in [0.1, 0.15) is 0 Å². The minimum atomic E-state index is -0.379. The van der Waals surface area contributed by atoms with Crippen LogP contribution >= 0.6 is 0 Å². The molecule has 6 heteroatoms. The molecule has 6 nitrogen and oxygen atoms in total. The minimum absolute atomic E-state index is 0.133. The average Bonchev–Trinajstić information content (AvgIpc) is 2.84. The normalized spacial score (nSPS) is 10.8. The molecular formula is C15H20N4O2. The zero-order valence-electron chi connectivity index (χ0n) is 12.4. The molecule has 0 unspecified atom stereocenters. The number of nitro groups is 1. The van der Waals surface area contributed by atoms with E-state index in [2.05, 4.69) is 23.4 Å². The largest absolute Gasteiger partial charge is 0.311 e. The summed E-state index contributed by atoms with van der Waals surface area (Å²) >= 11 is 0. The van der Waals surface area contributed by atoms with Crippen LogP contribution in [0.1, 0.15) is 23.9 Å². The van der Waals surface area contributed by atoms with Crippen molar-refractivity contribution in [2.45, 2.75) is 33.4 Å². The highest BCUT2D eigenvalue weighted by Gasteiger charge is 2.05. The molecule has 0 saturated carbocycles. The topological polar surface area (TPSA) is 73.0 Å². The Hall–Kier alpha value is -2.21. The summed E-state index contributed by atoms with van der Waals surface area (Å²) in [6, 6.07) is 8.79. The van der Waals surface area contributed by atoms with E-state index in [-0.39, 0.29) is 10.6 Å². The maximum atomic E-state index is 10.6. The Labute approximate surface area is 123 Å². The van der Waals surface area contributed by atoms with Crippen molar-refractivity contribution in [3.63, 3.8) is 0 Å². The predicted molar refractivity (Wildman–Crippen MR) is 81.1 cm³/mol. The molecule has 0 aliphatic carbocycles. The van der Waals surface area contributed by atoms with Crippen LogP contribution in [0.3, 0.4) is 0 Å². The van der Waals surface area contributed by atoms with Gasteiger partial charge in [0.15, 0.2) is 0 Å². The molecule has 1 aromatic heterocycles. The van der Waals surface area contributed by atoms with Crippen molar-refractivity contribution in [3.05, 3.63) is 57.4 Å². The fraction of sp³-hybridized carbons (Fsp3) is 0.400. The highest BCUT2D eigenvalue weighted by atomic mass is 16.6. The summed E-state index contributed by atoms with van der Waals surface area (Å²) in [7, 11) is 0. The van der Waals surface area contributed by atoms with Gasteiger partial charge in [-0.3, -0.25) is 14.8 Å². The van der Waals surface area contributed by atoms with E-state index < -0.39 is 0 Å². The maximum absolute atomic E-state index is 10.6. The first-order valence-electron chi connectivity index (χ1n) is 7.07. The number of rotatable bonds is 7. The average molecular weight is 288 g/mol. The molecule has 0 radical (unpaired) electrons. The number of nitrogens with zero attached hydrogens (tertiary/aromatic N) is 3. The predicted octanol–water partition coefficient (Wildman–Crippen LogP) is 2.45. The quantitative estimate of drug-likeness (QED) is 0.482. The summed E-state index contributed by atoms with van der Waals surface area (Å²) < 4.78 is 1.99. The Kier molecular flexibility index (Phi) is 5.05. The van der Waals surface area contributed by atoms with Crippen LogP contribution in [0.5, 0.6) is 0 Å². The number of aryl methyl sites for hydroxylation is 2. The summed E-state index contributed by atoms with van der Waals surface area (Å²) in [6.45, 7) is 6.54. The smallest absolute Gasteiger partial charge is 0.269 e. The van der Waals surface area contributed by atoms with Crippen molar-refractivity contribution in [1.82, 2.24) is 15.1 Å². The molecule has 0 aliphatic heterocycles. The first-order chi connectivity index (χ1) is 10.1. The highest BCUT2D eigenvalue weighted by Crippen LogP contribution is 2.12. The van der Waals surface area contributed by atoms with Gasteiger partial charge in [0, 0.05) is 25.2 Å². The first kappa shape index (κ1) is 15.2. The van der Waals surface area contributed by atoms with Crippen LogP contribution in [-0.4, -0.2) is 21.2 Å². The van der Waals surface area contributed by atoms with Gasteiger partial charge in [-0.1, -0.05) is 12.1 Å². The number of hydrogen-bond acceptors (Lipinski definition) is 4. The Morgan fingerprint density at radius 3 is 2.67 bits per heavy atom. The molecule has 2 aromatic rings. The summed E-state index contributed by atoms with van der Waals surface area (Å²) in [6.07, 6.45) is 0.844. The van der Waals surface area contributed by atoms with Crippen molar-refractivity contribution in [3.8, 4) is 0 Å². The Morgan fingerprint density at radius 1 is 1.33 bits per heavy atom. The van der Waals surface area contributed by atoms with Gasteiger partial charge in [-0.25, -0.2) is 0 Å². The number of nitrogens with one attached hydrogen (secondary N) is 1. The van der Waals surface area contributed by atoms with Crippen LogP contribution in [0.4, 0.5) is 5.69 Å². The van der Waals surface area contributed by atoms with Crippen LogP contribution in [0.15, 0.2) is 30.3 Å². The third-order valence-corrected chi connectivity index (χ3v) is 3.33. The summed E-state index contributed by atoms with van der Waals surface area (Å²) in [5, 5.41) is 18.4. The molecule has 1 aromatic carbocycles. The number of hydrogen-bond donors (Lipinski definition) is 1.